The Morgan fingerprint density at radius 2 is 2.00 bits per heavy atom. The van der Waals surface area contributed by atoms with E-state index in [4.69, 9.17) is 10.6 Å². The SMILES string of the molecule is [2H]OC[C@H]1OC(n2cnc3c(N(C/C=C/CO)C(=O)c4ccccc4)ncnc32)[C@H](F)[C@@H]1O[Si](C)(C)C(C)(C)C. The van der Waals surface area contributed by atoms with Gasteiger partial charge in [-0.25, -0.2) is 19.3 Å². The number of carbonyl (C=O) groups is 1. The van der Waals surface area contributed by atoms with E-state index in [0.29, 0.717) is 5.56 Å². The number of aromatic nitrogens is 4. The Morgan fingerprint density at radius 3 is 2.67 bits per heavy atom. The third-order valence-electron chi connectivity index (χ3n) is 7.36. The van der Waals surface area contributed by atoms with Gasteiger partial charge in [0.25, 0.3) is 5.91 Å². The van der Waals surface area contributed by atoms with Crippen molar-refractivity contribution >= 4 is 31.2 Å². The average molecular weight is 559 g/mol. The van der Waals surface area contributed by atoms with Gasteiger partial charge in [0.05, 0.1) is 19.5 Å². The number of rotatable bonds is 10. The van der Waals surface area contributed by atoms with Gasteiger partial charge in [-0.1, -0.05) is 51.1 Å². The number of alkyl halides is 1. The first-order chi connectivity index (χ1) is 19.0. The van der Waals surface area contributed by atoms with Gasteiger partial charge in [0.15, 0.2) is 37.7 Å². The van der Waals surface area contributed by atoms with Gasteiger partial charge in [0, 0.05) is 12.1 Å². The molecule has 1 unspecified atom stereocenters. The number of hydrogen-bond acceptors (Lipinski definition) is 8. The van der Waals surface area contributed by atoms with Crippen molar-refractivity contribution in [3.63, 3.8) is 0 Å². The number of carbonyl (C=O) groups excluding carboxylic acids is 1. The summed E-state index contributed by atoms with van der Waals surface area (Å²) in [7, 11) is -2.39. The fraction of sp³-hybridized carbons (Fsp3) is 0.481. The van der Waals surface area contributed by atoms with Crippen LogP contribution in [0.3, 0.4) is 0 Å². The average Bonchev–Trinajstić information content (AvgIpc) is 3.47. The molecule has 3 heterocycles. The van der Waals surface area contributed by atoms with Crippen molar-refractivity contribution < 1.29 is 28.6 Å². The summed E-state index contributed by atoms with van der Waals surface area (Å²) in [6.45, 7) is 10.0. The zero-order valence-electron chi connectivity index (χ0n) is 23.8. The minimum absolute atomic E-state index is 0.115. The van der Waals surface area contributed by atoms with Crippen LogP contribution >= 0.6 is 0 Å². The van der Waals surface area contributed by atoms with E-state index in [2.05, 4.69) is 40.8 Å². The lowest BCUT2D eigenvalue weighted by Crippen LogP contribution is -2.49. The van der Waals surface area contributed by atoms with E-state index in [1.165, 1.54) is 28.2 Å². The zero-order valence-corrected chi connectivity index (χ0v) is 23.8. The Morgan fingerprint density at radius 1 is 1.26 bits per heavy atom. The molecule has 12 heteroatoms. The summed E-state index contributed by atoms with van der Waals surface area (Å²) in [5, 5.41) is 13.6. The van der Waals surface area contributed by atoms with E-state index >= 15 is 4.39 Å². The molecule has 210 valence electrons. The molecule has 4 atom stereocenters. The molecule has 2 aromatic heterocycles. The second-order valence-corrected chi connectivity index (χ2v) is 15.7. The van der Waals surface area contributed by atoms with Crippen LogP contribution in [0.2, 0.25) is 18.1 Å². The molecule has 0 radical (unpaired) electrons. The number of anilines is 1. The number of halogens is 1. The summed E-state index contributed by atoms with van der Waals surface area (Å²) in [5.74, 6) is -0.0950. The molecule has 3 aromatic rings. The van der Waals surface area contributed by atoms with Crippen LogP contribution in [0.15, 0.2) is 55.1 Å². The molecular formula is C27H36FN5O5Si. The predicted molar refractivity (Wildman–Crippen MR) is 148 cm³/mol. The van der Waals surface area contributed by atoms with Crippen LogP contribution in [0.5, 0.6) is 0 Å². The molecule has 10 nitrogen and oxygen atoms in total. The molecule has 1 aliphatic rings. The Hall–Kier alpha value is -3.03. The van der Waals surface area contributed by atoms with Crippen LogP contribution in [0.25, 0.3) is 11.2 Å². The smallest absolute Gasteiger partial charge is 0.259 e. The standard InChI is InChI=1S/C27H36FN5O5Si/c1-27(2,3)39(4,5)38-22-19(15-35)37-26(20(22)28)33-17-31-21-23(29-16-30-24(21)33)32(13-9-10-14-34)25(36)18-11-7-6-8-12-18/h6-12,16-17,19-20,22,26,34-35H,13-15H2,1-5H3/b10-9+/t19-,20-,22-,26?/m1/s1/i35D. The van der Waals surface area contributed by atoms with Crippen LogP contribution in [0.4, 0.5) is 10.2 Å². The van der Waals surface area contributed by atoms with Crippen molar-refractivity contribution in [2.75, 3.05) is 24.7 Å². The summed E-state index contributed by atoms with van der Waals surface area (Å²) in [6.07, 6.45) is 1.36. The lowest BCUT2D eigenvalue weighted by Gasteiger charge is -2.39. The van der Waals surface area contributed by atoms with Crippen LogP contribution in [-0.2, 0) is 9.16 Å². The van der Waals surface area contributed by atoms with Gasteiger partial charge in [-0.3, -0.25) is 14.3 Å². The quantitative estimate of drug-likeness (QED) is 0.286. The van der Waals surface area contributed by atoms with E-state index in [1.807, 2.05) is 19.2 Å². The first kappa shape index (κ1) is 27.5. The molecular weight excluding hydrogens is 521 g/mol. The second-order valence-electron chi connectivity index (χ2n) is 11.0. The number of fused-ring (bicyclic) bond motifs is 1. The molecule has 1 aromatic carbocycles. The zero-order chi connectivity index (χ0) is 29.1. The maximum absolute atomic E-state index is 16.1. The minimum Gasteiger partial charge on any atom is -0.408 e. The molecule has 39 heavy (non-hydrogen) atoms. The molecule has 0 saturated carbocycles. The topological polar surface area (TPSA) is 123 Å². The van der Waals surface area contributed by atoms with Crippen molar-refractivity contribution in [2.45, 2.75) is 63.5 Å². The summed E-state index contributed by atoms with van der Waals surface area (Å²) < 4.78 is 37.3. The molecule has 1 amide bonds. The number of ether oxygens (including phenoxy) is 1. The molecule has 0 spiro atoms. The molecule has 1 fully saturated rings. The first-order valence-electron chi connectivity index (χ1n) is 13.3. The lowest BCUT2D eigenvalue weighted by molar-refractivity contribution is -0.0445. The van der Waals surface area contributed by atoms with Crippen LogP contribution in [0.1, 0.15) is 37.4 Å². The Kier molecular flexibility index (Phi) is 8.19. The summed E-state index contributed by atoms with van der Waals surface area (Å²) in [6, 6.07) is 8.72. The maximum atomic E-state index is 16.1. The van der Waals surface area contributed by atoms with E-state index in [0.717, 1.165) is 0 Å². The normalized spacial score (nSPS) is 22.5. The highest BCUT2D eigenvalue weighted by atomic mass is 28.4. The molecule has 1 aliphatic heterocycles. The first-order valence-corrected chi connectivity index (χ1v) is 15.8. The molecule has 0 bridgehead atoms. The highest BCUT2D eigenvalue weighted by molar-refractivity contribution is 6.74. The number of nitrogens with zero attached hydrogens (tertiary/aromatic N) is 5. The molecule has 0 aliphatic carbocycles. The fourth-order valence-electron chi connectivity index (χ4n) is 4.19. The molecule has 2 N–H and O–H groups in total. The highest BCUT2D eigenvalue weighted by Gasteiger charge is 2.51. The molecule has 4 rings (SSSR count). The van der Waals surface area contributed by atoms with Crippen molar-refractivity contribution in [3.05, 3.63) is 60.7 Å². The number of aliphatic hydroxyl groups excluding tert-OH is 2. The van der Waals surface area contributed by atoms with Gasteiger partial charge < -0.3 is 19.4 Å². The van der Waals surface area contributed by atoms with E-state index in [9.17, 15) is 9.90 Å². The van der Waals surface area contributed by atoms with Crippen molar-refractivity contribution in [1.29, 1.82) is 1.43 Å². The van der Waals surface area contributed by atoms with E-state index < -0.39 is 32.9 Å². The van der Waals surface area contributed by atoms with Gasteiger partial charge in [0.1, 0.15) is 18.5 Å². The number of imidazole rings is 1. The van der Waals surface area contributed by atoms with Crippen LogP contribution in [-0.4, -0.2) is 83.5 Å². The number of benzene rings is 1. The number of hydrogen-bond donors (Lipinski definition) is 2. The fourth-order valence-corrected chi connectivity index (χ4v) is 5.51. The summed E-state index contributed by atoms with van der Waals surface area (Å²) >= 11 is 0. The number of amides is 1. The summed E-state index contributed by atoms with van der Waals surface area (Å²) in [4.78, 5) is 28.1. The monoisotopic (exact) mass is 558 g/mol. The van der Waals surface area contributed by atoms with Gasteiger partial charge in [-0.15, -0.1) is 0 Å². The third kappa shape index (κ3) is 5.80. The van der Waals surface area contributed by atoms with Crippen molar-refractivity contribution in [2.24, 2.45) is 0 Å². The summed E-state index contributed by atoms with van der Waals surface area (Å²) in [5.41, 5.74) is 0.994. The van der Waals surface area contributed by atoms with Crippen LogP contribution in [0, 0.1) is 0 Å². The number of aliphatic hydroxyl groups is 2. The van der Waals surface area contributed by atoms with Gasteiger partial charge in [-0.05, 0) is 30.3 Å². The van der Waals surface area contributed by atoms with E-state index in [1.54, 1.807) is 30.3 Å². The minimum atomic E-state index is -2.39. The highest BCUT2D eigenvalue weighted by Crippen LogP contribution is 2.42. The Balaban J connectivity index is 1.71. The Labute approximate surface area is 229 Å². The van der Waals surface area contributed by atoms with Crippen LogP contribution < -0.4 is 4.90 Å². The second kappa shape index (κ2) is 11.6. The van der Waals surface area contributed by atoms with Gasteiger partial charge in [-0.2, -0.15) is 0 Å². The lowest BCUT2D eigenvalue weighted by atomic mass is 10.1. The van der Waals surface area contributed by atoms with Gasteiger partial charge in [0.2, 0.25) is 1.43 Å². The third-order valence-corrected chi connectivity index (χ3v) is 11.8. The van der Waals surface area contributed by atoms with Gasteiger partial charge >= 0.3 is 0 Å². The molecule has 1 saturated heterocycles. The largest absolute Gasteiger partial charge is 0.408 e. The van der Waals surface area contributed by atoms with Crippen molar-refractivity contribution in [1.82, 2.24) is 19.5 Å². The Bertz CT molecular complexity index is 1340. The maximum Gasteiger partial charge on any atom is 0.259 e. The van der Waals surface area contributed by atoms with E-state index in [-0.39, 0.29) is 47.7 Å². The predicted octanol–water partition coefficient (Wildman–Crippen LogP) is 3.64. The van der Waals surface area contributed by atoms with Crippen molar-refractivity contribution in [3.8, 4) is 0 Å².